The van der Waals surface area contributed by atoms with Crippen LogP contribution in [-0.4, -0.2) is 9.78 Å². The lowest BCUT2D eigenvalue weighted by Gasteiger charge is -2.20. The van der Waals surface area contributed by atoms with Crippen LogP contribution in [0.1, 0.15) is 40.9 Å². The summed E-state index contributed by atoms with van der Waals surface area (Å²) in [5.74, 6) is 0.712. The van der Waals surface area contributed by atoms with Crippen LogP contribution in [0, 0.1) is 6.92 Å². The number of para-hydroxylation sites is 1. The van der Waals surface area contributed by atoms with E-state index in [0.29, 0.717) is 17.9 Å². The zero-order valence-corrected chi connectivity index (χ0v) is 21.6. The summed E-state index contributed by atoms with van der Waals surface area (Å²) >= 11 is 0. The molecule has 0 spiro atoms. The second-order valence-corrected chi connectivity index (χ2v) is 9.22. The number of hydrogen-bond donors (Lipinski definition) is 0. The molecule has 38 heavy (non-hydrogen) atoms. The third kappa shape index (κ3) is 5.50. The largest absolute Gasteiger partial charge is 0.488 e. The molecule has 1 unspecified atom stereocenters. The standard InChI is InChI=1S/C34H30N2O2/c1-25-33(30-20-12-13-21-32(30)38-24-28-16-8-4-9-17-28)31(23-22-27-14-6-3-7-15-27)34(37)36(35-25)26(2)29-18-10-5-11-19-29/h3-23,26H,24H2,1-2H3/b23-22+. The van der Waals surface area contributed by atoms with Crippen LogP contribution in [0.5, 0.6) is 5.75 Å². The monoisotopic (exact) mass is 498 g/mol. The SMILES string of the molecule is Cc1nn(C(C)c2ccccc2)c(=O)c(/C=C/c2ccccc2)c1-c1ccccc1OCc1ccccc1. The Morgan fingerprint density at radius 2 is 1.39 bits per heavy atom. The molecule has 0 radical (unpaired) electrons. The van der Waals surface area contributed by atoms with Crippen molar-refractivity contribution in [2.45, 2.75) is 26.5 Å². The smallest absolute Gasteiger partial charge is 0.275 e. The first-order chi connectivity index (χ1) is 18.6. The molecule has 188 valence electrons. The van der Waals surface area contributed by atoms with Crippen molar-refractivity contribution in [3.8, 4) is 16.9 Å². The molecule has 0 fully saturated rings. The Kier molecular flexibility index (Phi) is 7.60. The molecule has 0 amide bonds. The summed E-state index contributed by atoms with van der Waals surface area (Å²) in [5, 5.41) is 4.82. The Hall–Kier alpha value is -4.70. The number of aryl methyl sites for hydroxylation is 1. The van der Waals surface area contributed by atoms with Gasteiger partial charge in [0.2, 0.25) is 0 Å². The lowest BCUT2D eigenvalue weighted by atomic mass is 9.97. The van der Waals surface area contributed by atoms with Crippen molar-refractivity contribution < 1.29 is 4.74 Å². The van der Waals surface area contributed by atoms with Gasteiger partial charge in [-0.1, -0.05) is 115 Å². The van der Waals surface area contributed by atoms with Crippen molar-refractivity contribution in [1.82, 2.24) is 9.78 Å². The number of rotatable bonds is 8. The summed E-state index contributed by atoms with van der Waals surface area (Å²) in [6.45, 7) is 4.39. The molecule has 0 aliphatic heterocycles. The molecular formula is C34H30N2O2. The minimum atomic E-state index is -0.218. The van der Waals surface area contributed by atoms with Crippen LogP contribution in [0.25, 0.3) is 23.3 Å². The van der Waals surface area contributed by atoms with Gasteiger partial charge in [0.25, 0.3) is 5.56 Å². The summed E-state index contributed by atoms with van der Waals surface area (Å²) in [4.78, 5) is 14.1. The van der Waals surface area contributed by atoms with Crippen molar-refractivity contribution in [2.75, 3.05) is 0 Å². The number of hydrogen-bond acceptors (Lipinski definition) is 3. The van der Waals surface area contributed by atoms with Gasteiger partial charge in [-0.3, -0.25) is 4.79 Å². The Morgan fingerprint density at radius 3 is 2.11 bits per heavy atom. The van der Waals surface area contributed by atoms with E-state index in [4.69, 9.17) is 9.84 Å². The van der Waals surface area contributed by atoms with Gasteiger partial charge in [-0.25, -0.2) is 4.68 Å². The molecule has 0 saturated carbocycles. The fourth-order valence-corrected chi connectivity index (χ4v) is 4.59. The zero-order valence-electron chi connectivity index (χ0n) is 21.6. The zero-order chi connectivity index (χ0) is 26.3. The molecule has 0 saturated heterocycles. The molecule has 4 nitrogen and oxygen atoms in total. The predicted molar refractivity (Wildman–Crippen MR) is 155 cm³/mol. The van der Waals surface area contributed by atoms with E-state index in [1.807, 2.05) is 141 Å². The lowest BCUT2D eigenvalue weighted by molar-refractivity contribution is 0.307. The van der Waals surface area contributed by atoms with Crippen LogP contribution in [0.3, 0.4) is 0 Å². The summed E-state index contributed by atoms with van der Waals surface area (Å²) in [7, 11) is 0. The fraction of sp³-hybridized carbons (Fsp3) is 0.118. The quantitative estimate of drug-likeness (QED) is 0.221. The Bertz CT molecular complexity index is 1590. The van der Waals surface area contributed by atoms with Gasteiger partial charge in [0.1, 0.15) is 12.4 Å². The third-order valence-electron chi connectivity index (χ3n) is 6.61. The summed E-state index contributed by atoms with van der Waals surface area (Å²) in [5.41, 5.74) is 5.94. The van der Waals surface area contributed by atoms with E-state index in [9.17, 15) is 4.79 Å². The minimum Gasteiger partial charge on any atom is -0.488 e. The molecule has 0 aliphatic rings. The molecule has 1 heterocycles. The van der Waals surface area contributed by atoms with Crippen LogP contribution >= 0.6 is 0 Å². The van der Waals surface area contributed by atoms with E-state index in [1.165, 1.54) is 0 Å². The molecule has 1 aromatic heterocycles. The average Bonchev–Trinajstić information content (AvgIpc) is 2.97. The summed E-state index contributed by atoms with van der Waals surface area (Å²) < 4.78 is 7.87. The Morgan fingerprint density at radius 1 is 0.789 bits per heavy atom. The maximum absolute atomic E-state index is 14.1. The predicted octanol–water partition coefficient (Wildman–Crippen LogP) is 7.58. The van der Waals surface area contributed by atoms with Crippen molar-refractivity contribution in [2.24, 2.45) is 0 Å². The first-order valence-electron chi connectivity index (χ1n) is 12.8. The average molecular weight is 499 g/mol. The van der Waals surface area contributed by atoms with Crippen molar-refractivity contribution in [1.29, 1.82) is 0 Å². The van der Waals surface area contributed by atoms with E-state index >= 15 is 0 Å². The maximum Gasteiger partial charge on any atom is 0.275 e. The minimum absolute atomic E-state index is 0.146. The van der Waals surface area contributed by atoms with Crippen molar-refractivity contribution in [3.05, 3.63) is 154 Å². The van der Waals surface area contributed by atoms with Gasteiger partial charge in [0.15, 0.2) is 0 Å². The molecule has 1 atom stereocenters. The molecule has 4 heteroatoms. The second-order valence-electron chi connectivity index (χ2n) is 9.22. The lowest BCUT2D eigenvalue weighted by Crippen LogP contribution is -2.30. The van der Waals surface area contributed by atoms with Gasteiger partial charge in [0, 0.05) is 11.1 Å². The Balaban J connectivity index is 1.64. The van der Waals surface area contributed by atoms with E-state index in [0.717, 1.165) is 33.5 Å². The van der Waals surface area contributed by atoms with E-state index in [1.54, 1.807) is 4.68 Å². The van der Waals surface area contributed by atoms with E-state index in [2.05, 4.69) is 0 Å². The number of aromatic nitrogens is 2. The van der Waals surface area contributed by atoms with Crippen LogP contribution in [-0.2, 0) is 6.61 Å². The molecule has 0 N–H and O–H groups in total. The highest BCUT2D eigenvalue weighted by Crippen LogP contribution is 2.34. The van der Waals surface area contributed by atoms with E-state index in [-0.39, 0.29) is 11.6 Å². The third-order valence-corrected chi connectivity index (χ3v) is 6.61. The topological polar surface area (TPSA) is 44.1 Å². The first kappa shape index (κ1) is 25.0. The highest BCUT2D eigenvalue weighted by molar-refractivity contribution is 5.84. The number of benzene rings is 4. The van der Waals surface area contributed by atoms with Gasteiger partial charge < -0.3 is 4.74 Å². The highest BCUT2D eigenvalue weighted by Gasteiger charge is 2.21. The normalized spacial score (nSPS) is 11.9. The molecule has 5 rings (SSSR count). The van der Waals surface area contributed by atoms with Crippen LogP contribution in [0.4, 0.5) is 0 Å². The van der Waals surface area contributed by atoms with Gasteiger partial charge in [-0.15, -0.1) is 0 Å². The van der Waals surface area contributed by atoms with Gasteiger partial charge in [0.05, 0.1) is 17.3 Å². The van der Waals surface area contributed by atoms with Crippen LogP contribution in [0.2, 0.25) is 0 Å². The van der Waals surface area contributed by atoms with Crippen molar-refractivity contribution in [3.63, 3.8) is 0 Å². The fourth-order valence-electron chi connectivity index (χ4n) is 4.59. The Labute approximate surface area is 223 Å². The van der Waals surface area contributed by atoms with E-state index < -0.39 is 0 Å². The molecule has 4 aromatic carbocycles. The maximum atomic E-state index is 14.1. The second kappa shape index (κ2) is 11.6. The first-order valence-corrected chi connectivity index (χ1v) is 12.8. The molecule has 0 aliphatic carbocycles. The molecular weight excluding hydrogens is 468 g/mol. The highest BCUT2D eigenvalue weighted by atomic mass is 16.5. The summed E-state index contributed by atoms with van der Waals surface area (Å²) in [6.07, 6.45) is 3.88. The van der Waals surface area contributed by atoms with Gasteiger partial charge >= 0.3 is 0 Å². The van der Waals surface area contributed by atoms with Gasteiger partial charge in [-0.05, 0) is 42.7 Å². The molecule has 0 bridgehead atoms. The number of nitrogens with zero attached hydrogens (tertiary/aromatic N) is 2. The molecule has 5 aromatic rings. The number of ether oxygens (including phenoxy) is 1. The summed E-state index contributed by atoms with van der Waals surface area (Å²) in [6, 6.07) is 37.7. The van der Waals surface area contributed by atoms with Crippen LogP contribution < -0.4 is 10.3 Å². The van der Waals surface area contributed by atoms with Crippen LogP contribution in [0.15, 0.2) is 120 Å². The van der Waals surface area contributed by atoms with Crippen molar-refractivity contribution >= 4 is 12.2 Å². The van der Waals surface area contributed by atoms with Gasteiger partial charge in [-0.2, -0.15) is 5.10 Å².